The normalized spacial score (nSPS) is 24.8. The Hall–Kier alpha value is -2.91. The molecule has 2 aliphatic carbocycles. The third-order valence-corrected chi connectivity index (χ3v) is 7.98. The van der Waals surface area contributed by atoms with E-state index < -0.39 is 30.1 Å². The summed E-state index contributed by atoms with van der Waals surface area (Å²) in [5.74, 6) is -0.362. The number of rotatable bonds is 10. The molecule has 4 rings (SSSR count). The molecule has 208 valence electrons. The van der Waals surface area contributed by atoms with Crippen LogP contribution in [0.15, 0.2) is 23.8 Å². The summed E-state index contributed by atoms with van der Waals surface area (Å²) < 4.78 is 11.8. The molecule has 0 radical (unpaired) electrons. The van der Waals surface area contributed by atoms with Gasteiger partial charge in [-0.05, 0) is 37.5 Å². The van der Waals surface area contributed by atoms with Crippen LogP contribution in [0.3, 0.4) is 0 Å². The second-order valence-electron chi connectivity index (χ2n) is 10.5. The van der Waals surface area contributed by atoms with Gasteiger partial charge in [0.1, 0.15) is 18.5 Å². The lowest BCUT2D eigenvalue weighted by Gasteiger charge is -2.44. The van der Waals surface area contributed by atoms with Gasteiger partial charge in [-0.2, -0.15) is 0 Å². The van der Waals surface area contributed by atoms with Crippen LogP contribution < -0.4 is 14.8 Å². The standard InChI is InChI=1S/C29H40N2O7/c1-3-4-11-24(34)31(19-9-7-5-6-8-10-19)22-16-21(29(36)30-12-13-32)25-20-14-18(17-33)15-23(37-2)27(20)38-28(25)26(22)35/h14-17,19,22,25-26,28,32,35H,3-13H2,1-2H3,(H,30,36)/t22-,25+,26+,28+/m1/s1. The van der Waals surface area contributed by atoms with E-state index in [1.54, 1.807) is 18.2 Å². The minimum Gasteiger partial charge on any atom is -0.493 e. The van der Waals surface area contributed by atoms with E-state index in [0.717, 1.165) is 51.4 Å². The molecule has 0 aromatic heterocycles. The summed E-state index contributed by atoms with van der Waals surface area (Å²) in [5.41, 5.74) is 1.30. The fourth-order valence-electron chi connectivity index (χ4n) is 6.14. The first-order valence-corrected chi connectivity index (χ1v) is 13.9. The first-order valence-electron chi connectivity index (χ1n) is 13.9. The van der Waals surface area contributed by atoms with Crippen LogP contribution in [-0.4, -0.2) is 77.8 Å². The zero-order valence-corrected chi connectivity index (χ0v) is 22.4. The molecular formula is C29H40N2O7. The first-order chi connectivity index (χ1) is 18.4. The van der Waals surface area contributed by atoms with Crippen molar-refractivity contribution < 1.29 is 34.1 Å². The summed E-state index contributed by atoms with van der Waals surface area (Å²) in [5, 5.41) is 23.8. The summed E-state index contributed by atoms with van der Waals surface area (Å²) in [6.45, 7) is 1.88. The highest BCUT2D eigenvalue weighted by Crippen LogP contribution is 2.51. The smallest absolute Gasteiger partial charge is 0.247 e. The van der Waals surface area contributed by atoms with Gasteiger partial charge in [0.15, 0.2) is 11.5 Å². The average molecular weight is 529 g/mol. The molecule has 1 heterocycles. The minimum absolute atomic E-state index is 0.0241. The van der Waals surface area contributed by atoms with E-state index >= 15 is 0 Å². The van der Waals surface area contributed by atoms with E-state index in [1.807, 2.05) is 11.8 Å². The van der Waals surface area contributed by atoms with Crippen LogP contribution in [0.4, 0.5) is 0 Å². The van der Waals surface area contributed by atoms with Crippen LogP contribution in [0, 0.1) is 0 Å². The maximum Gasteiger partial charge on any atom is 0.247 e. The summed E-state index contributed by atoms with van der Waals surface area (Å²) in [4.78, 5) is 40.6. The summed E-state index contributed by atoms with van der Waals surface area (Å²) in [6, 6.07) is 2.44. The van der Waals surface area contributed by atoms with Gasteiger partial charge in [0.25, 0.3) is 0 Å². The monoisotopic (exact) mass is 528 g/mol. The molecule has 1 aliphatic heterocycles. The number of nitrogens with one attached hydrogen (secondary N) is 1. The number of carbonyl (C=O) groups is 3. The molecule has 3 N–H and O–H groups in total. The number of hydrogen-bond acceptors (Lipinski definition) is 7. The molecule has 38 heavy (non-hydrogen) atoms. The minimum atomic E-state index is -1.10. The number of carbonyl (C=O) groups excluding carboxylic acids is 3. The Morgan fingerprint density at radius 1 is 1.21 bits per heavy atom. The Kier molecular flexibility index (Phi) is 9.44. The second-order valence-corrected chi connectivity index (χ2v) is 10.5. The number of aldehydes is 1. The van der Waals surface area contributed by atoms with Crippen molar-refractivity contribution in [2.75, 3.05) is 20.3 Å². The Labute approximate surface area is 224 Å². The van der Waals surface area contributed by atoms with Crippen molar-refractivity contribution in [1.29, 1.82) is 0 Å². The van der Waals surface area contributed by atoms with Crippen LogP contribution in [-0.2, 0) is 9.59 Å². The van der Waals surface area contributed by atoms with Crippen molar-refractivity contribution in [1.82, 2.24) is 10.2 Å². The molecule has 9 nitrogen and oxygen atoms in total. The molecule has 4 atom stereocenters. The molecule has 0 unspecified atom stereocenters. The van der Waals surface area contributed by atoms with Crippen molar-refractivity contribution in [3.8, 4) is 11.5 Å². The quantitative estimate of drug-likeness (QED) is 0.315. The van der Waals surface area contributed by atoms with Gasteiger partial charge in [0.2, 0.25) is 11.8 Å². The summed E-state index contributed by atoms with van der Waals surface area (Å²) in [6.07, 6.45) is 8.44. The lowest BCUT2D eigenvalue weighted by molar-refractivity contribution is -0.141. The molecule has 0 bridgehead atoms. The highest BCUT2D eigenvalue weighted by molar-refractivity contribution is 5.96. The van der Waals surface area contributed by atoms with E-state index in [4.69, 9.17) is 9.47 Å². The van der Waals surface area contributed by atoms with E-state index in [-0.39, 0.29) is 25.1 Å². The molecule has 1 aromatic carbocycles. The Bertz CT molecular complexity index is 1050. The van der Waals surface area contributed by atoms with E-state index in [9.17, 15) is 24.6 Å². The highest BCUT2D eigenvalue weighted by atomic mass is 16.5. The average Bonchev–Trinajstić information content (AvgIpc) is 3.11. The zero-order valence-electron chi connectivity index (χ0n) is 22.4. The molecule has 3 aliphatic rings. The number of unbranched alkanes of at least 4 members (excludes halogenated alkanes) is 1. The second kappa shape index (κ2) is 12.8. The molecule has 1 saturated carbocycles. The highest BCUT2D eigenvalue weighted by Gasteiger charge is 2.52. The fourth-order valence-corrected chi connectivity index (χ4v) is 6.14. The van der Waals surface area contributed by atoms with Crippen LogP contribution in [0.25, 0.3) is 0 Å². The van der Waals surface area contributed by atoms with Gasteiger partial charge in [-0.15, -0.1) is 0 Å². The number of hydrogen-bond donors (Lipinski definition) is 3. The Morgan fingerprint density at radius 3 is 2.58 bits per heavy atom. The zero-order chi connectivity index (χ0) is 27.2. The third-order valence-electron chi connectivity index (χ3n) is 7.98. The maximum absolute atomic E-state index is 13.7. The van der Waals surface area contributed by atoms with Gasteiger partial charge < -0.3 is 29.9 Å². The predicted octanol–water partition coefficient (Wildman–Crippen LogP) is 2.87. The molecule has 1 fully saturated rings. The van der Waals surface area contributed by atoms with Crippen molar-refractivity contribution in [2.24, 2.45) is 0 Å². The van der Waals surface area contributed by atoms with Crippen LogP contribution in [0.1, 0.15) is 86.6 Å². The summed E-state index contributed by atoms with van der Waals surface area (Å²) >= 11 is 0. The number of amides is 2. The molecule has 2 amide bonds. The molecule has 1 aromatic rings. The van der Waals surface area contributed by atoms with E-state index in [1.165, 1.54) is 7.11 Å². The molecule has 9 heteroatoms. The van der Waals surface area contributed by atoms with Crippen molar-refractivity contribution >= 4 is 18.1 Å². The van der Waals surface area contributed by atoms with E-state index in [2.05, 4.69) is 5.32 Å². The van der Waals surface area contributed by atoms with Gasteiger partial charge in [-0.25, -0.2) is 0 Å². The summed E-state index contributed by atoms with van der Waals surface area (Å²) in [7, 11) is 1.47. The number of nitrogens with zero attached hydrogens (tertiary/aromatic N) is 1. The fraction of sp³-hybridized carbons (Fsp3) is 0.621. The number of fused-ring (bicyclic) bond motifs is 3. The largest absolute Gasteiger partial charge is 0.493 e. The van der Waals surface area contributed by atoms with Gasteiger partial charge in [-0.3, -0.25) is 14.4 Å². The van der Waals surface area contributed by atoms with E-state index in [0.29, 0.717) is 40.9 Å². The van der Waals surface area contributed by atoms with Gasteiger partial charge >= 0.3 is 0 Å². The molecule has 0 spiro atoms. The van der Waals surface area contributed by atoms with Crippen molar-refractivity contribution in [2.45, 2.75) is 94.9 Å². The topological polar surface area (TPSA) is 125 Å². The van der Waals surface area contributed by atoms with Crippen LogP contribution >= 0.6 is 0 Å². The molecular weight excluding hydrogens is 488 g/mol. The SMILES string of the molecule is CCCCC(=O)N(C1CCCCCC1)[C@@H]1C=C(C(=O)NCCO)[C@@H]2c3cc(C=O)cc(OC)c3O[C@@H]2[C@H]1O. The lowest BCUT2D eigenvalue weighted by Crippen LogP contribution is -2.58. The Morgan fingerprint density at radius 2 is 1.95 bits per heavy atom. The number of aliphatic hydroxyl groups excluding tert-OH is 2. The van der Waals surface area contributed by atoms with Gasteiger partial charge in [0.05, 0.1) is 25.7 Å². The van der Waals surface area contributed by atoms with Crippen molar-refractivity contribution in [3.05, 3.63) is 34.9 Å². The number of benzene rings is 1. The number of aliphatic hydroxyl groups is 2. The predicted molar refractivity (Wildman–Crippen MR) is 141 cm³/mol. The van der Waals surface area contributed by atoms with Gasteiger partial charge in [0, 0.05) is 35.7 Å². The van der Waals surface area contributed by atoms with Gasteiger partial charge in [-0.1, -0.05) is 39.0 Å². The first kappa shape index (κ1) is 28.1. The third kappa shape index (κ3) is 5.59. The van der Waals surface area contributed by atoms with Crippen LogP contribution in [0.2, 0.25) is 0 Å². The number of methoxy groups -OCH3 is 1. The van der Waals surface area contributed by atoms with Crippen molar-refractivity contribution in [3.63, 3.8) is 0 Å². The number of ether oxygens (including phenoxy) is 2. The Balaban J connectivity index is 1.81. The van der Waals surface area contributed by atoms with Crippen LogP contribution in [0.5, 0.6) is 11.5 Å². The lowest BCUT2D eigenvalue weighted by atomic mass is 9.76. The molecule has 0 saturated heterocycles. The maximum atomic E-state index is 13.7.